The quantitative estimate of drug-likeness (QED) is 0.794. The summed E-state index contributed by atoms with van der Waals surface area (Å²) in [4.78, 5) is 11.4. The molecule has 0 fully saturated rings. The van der Waals surface area contributed by atoms with Gasteiger partial charge in [0.1, 0.15) is 0 Å². The summed E-state index contributed by atoms with van der Waals surface area (Å²) in [5, 5.41) is 17.4. The Morgan fingerprint density at radius 1 is 1.53 bits per heavy atom. The summed E-state index contributed by atoms with van der Waals surface area (Å²) in [7, 11) is 0. The van der Waals surface area contributed by atoms with Crippen LogP contribution in [0.25, 0.3) is 0 Å². The summed E-state index contributed by atoms with van der Waals surface area (Å²) in [6.45, 7) is 3.50. The SMILES string of the molecule is CC(C)(C(=O)O)[C@@H]1C=CN=NC2=C1CCC=C2. The van der Waals surface area contributed by atoms with Gasteiger partial charge in [-0.3, -0.25) is 4.79 Å². The highest BCUT2D eigenvalue weighted by Gasteiger charge is 2.39. The topological polar surface area (TPSA) is 62.0 Å². The molecule has 0 aromatic carbocycles. The molecule has 1 aliphatic carbocycles. The molecular formula is C13H16N2O2. The molecule has 0 spiro atoms. The van der Waals surface area contributed by atoms with Gasteiger partial charge in [0.2, 0.25) is 0 Å². The number of hydrogen-bond acceptors (Lipinski definition) is 3. The third kappa shape index (κ3) is 2.07. The number of azo groups is 1. The van der Waals surface area contributed by atoms with Gasteiger partial charge in [-0.05, 0) is 38.3 Å². The number of carbonyl (C=O) groups is 1. The predicted molar refractivity (Wildman–Crippen MR) is 64.3 cm³/mol. The van der Waals surface area contributed by atoms with Crippen LogP contribution in [0.4, 0.5) is 0 Å². The Balaban J connectivity index is 2.46. The molecular weight excluding hydrogens is 216 g/mol. The van der Waals surface area contributed by atoms with E-state index in [0.717, 1.165) is 24.1 Å². The fourth-order valence-electron chi connectivity index (χ4n) is 2.23. The lowest BCUT2D eigenvalue weighted by Gasteiger charge is -2.31. The molecule has 4 heteroatoms. The van der Waals surface area contributed by atoms with Crippen molar-refractivity contribution in [2.45, 2.75) is 26.7 Å². The van der Waals surface area contributed by atoms with E-state index in [1.807, 2.05) is 18.2 Å². The molecule has 1 heterocycles. The number of carboxylic acid groups (broad SMARTS) is 1. The molecule has 2 aliphatic rings. The molecule has 0 aromatic heterocycles. The Bertz CT molecular complexity index is 456. The number of aliphatic carboxylic acids is 1. The normalized spacial score (nSPS) is 23.5. The van der Waals surface area contributed by atoms with Crippen molar-refractivity contribution < 1.29 is 9.90 Å². The number of allylic oxidation sites excluding steroid dienone is 4. The second-order valence-electron chi connectivity index (χ2n) is 4.91. The maximum Gasteiger partial charge on any atom is 0.309 e. The molecule has 17 heavy (non-hydrogen) atoms. The minimum atomic E-state index is -0.836. The molecule has 0 amide bonds. The molecule has 1 N–H and O–H groups in total. The van der Waals surface area contributed by atoms with Crippen molar-refractivity contribution in [3.63, 3.8) is 0 Å². The van der Waals surface area contributed by atoms with E-state index in [4.69, 9.17) is 0 Å². The summed E-state index contributed by atoms with van der Waals surface area (Å²) >= 11 is 0. The molecule has 0 unspecified atom stereocenters. The van der Waals surface area contributed by atoms with Crippen molar-refractivity contribution in [3.05, 3.63) is 35.7 Å². The summed E-state index contributed by atoms with van der Waals surface area (Å²) in [6.07, 6.45) is 9.22. The Morgan fingerprint density at radius 2 is 2.29 bits per heavy atom. The first-order chi connectivity index (χ1) is 8.03. The van der Waals surface area contributed by atoms with Crippen LogP contribution in [-0.2, 0) is 4.79 Å². The van der Waals surface area contributed by atoms with E-state index in [0.29, 0.717) is 0 Å². The average molecular weight is 232 g/mol. The number of nitrogens with zero attached hydrogens (tertiary/aromatic N) is 2. The molecule has 4 nitrogen and oxygen atoms in total. The highest BCUT2D eigenvalue weighted by molar-refractivity contribution is 5.75. The van der Waals surface area contributed by atoms with Gasteiger partial charge in [-0.15, -0.1) is 0 Å². The second-order valence-corrected chi connectivity index (χ2v) is 4.91. The van der Waals surface area contributed by atoms with Crippen LogP contribution in [0.5, 0.6) is 0 Å². The number of hydrogen-bond donors (Lipinski definition) is 1. The van der Waals surface area contributed by atoms with Gasteiger partial charge < -0.3 is 5.11 Å². The van der Waals surface area contributed by atoms with Crippen LogP contribution < -0.4 is 0 Å². The van der Waals surface area contributed by atoms with Crippen molar-refractivity contribution in [3.8, 4) is 0 Å². The average Bonchev–Trinajstić information content (AvgIpc) is 2.51. The molecule has 0 saturated carbocycles. The maximum absolute atomic E-state index is 11.4. The molecule has 1 atom stereocenters. The lowest BCUT2D eigenvalue weighted by Crippen LogP contribution is -2.33. The lowest BCUT2D eigenvalue weighted by molar-refractivity contribution is -0.148. The van der Waals surface area contributed by atoms with Crippen LogP contribution in [0.15, 0.2) is 45.9 Å². The fraction of sp³-hybridized carbons (Fsp3) is 0.462. The summed E-state index contributed by atoms with van der Waals surface area (Å²) in [5.74, 6) is -0.939. The second kappa shape index (κ2) is 4.28. The van der Waals surface area contributed by atoms with E-state index in [1.54, 1.807) is 20.0 Å². The third-order valence-corrected chi connectivity index (χ3v) is 3.40. The van der Waals surface area contributed by atoms with Gasteiger partial charge in [-0.25, -0.2) is 0 Å². The van der Waals surface area contributed by atoms with E-state index in [2.05, 4.69) is 10.2 Å². The van der Waals surface area contributed by atoms with Gasteiger partial charge in [0.15, 0.2) is 0 Å². The lowest BCUT2D eigenvalue weighted by atomic mass is 9.72. The standard InChI is InChI=1S/C13H16N2O2/c1-13(2,12(16)17)10-7-8-14-15-11-6-4-3-5-9(10)11/h4,6-8,10H,3,5H2,1-2H3,(H,16,17)/t10-/m1/s1. The van der Waals surface area contributed by atoms with E-state index in [1.165, 1.54) is 0 Å². The molecule has 1 aliphatic heterocycles. The van der Waals surface area contributed by atoms with Crippen LogP contribution >= 0.6 is 0 Å². The number of carboxylic acids is 1. The van der Waals surface area contributed by atoms with E-state index in [9.17, 15) is 9.90 Å². The summed E-state index contributed by atoms with van der Waals surface area (Å²) in [6, 6.07) is 0. The molecule has 0 bridgehead atoms. The van der Waals surface area contributed by atoms with E-state index in [-0.39, 0.29) is 5.92 Å². The van der Waals surface area contributed by atoms with Gasteiger partial charge in [-0.1, -0.05) is 12.2 Å². The molecule has 0 aromatic rings. The van der Waals surface area contributed by atoms with E-state index >= 15 is 0 Å². The van der Waals surface area contributed by atoms with Crippen molar-refractivity contribution in [2.75, 3.05) is 0 Å². The van der Waals surface area contributed by atoms with Crippen molar-refractivity contribution in [1.29, 1.82) is 0 Å². The van der Waals surface area contributed by atoms with Gasteiger partial charge in [0.25, 0.3) is 0 Å². The summed E-state index contributed by atoms with van der Waals surface area (Å²) < 4.78 is 0. The first-order valence-electron chi connectivity index (χ1n) is 5.74. The Kier molecular flexibility index (Phi) is 2.96. The van der Waals surface area contributed by atoms with Crippen LogP contribution in [-0.4, -0.2) is 11.1 Å². The van der Waals surface area contributed by atoms with Crippen LogP contribution in [0, 0.1) is 11.3 Å². The first-order valence-corrected chi connectivity index (χ1v) is 5.74. The monoisotopic (exact) mass is 232 g/mol. The molecule has 0 saturated heterocycles. The zero-order valence-corrected chi connectivity index (χ0v) is 10.1. The number of rotatable bonds is 2. The Hall–Kier alpha value is -1.71. The Labute approximate surface area is 100 Å². The molecule has 2 rings (SSSR count). The van der Waals surface area contributed by atoms with Gasteiger partial charge in [0.05, 0.1) is 11.1 Å². The van der Waals surface area contributed by atoms with Crippen molar-refractivity contribution >= 4 is 5.97 Å². The largest absolute Gasteiger partial charge is 0.481 e. The zero-order valence-electron chi connectivity index (χ0n) is 10.1. The third-order valence-electron chi connectivity index (χ3n) is 3.40. The van der Waals surface area contributed by atoms with Gasteiger partial charge in [-0.2, -0.15) is 10.2 Å². The molecule has 90 valence electrons. The van der Waals surface area contributed by atoms with E-state index < -0.39 is 11.4 Å². The first kappa shape index (κ1) is 11.8. The Morgan fingerprint density at radius 3 is 3.00 bits per heavy atom. The highest BCUT2D eigenvalue weighted by atomic mass is 16.4. The highest BCUT2D eigenvalue weighted by Crippen LogP contribution is 2.40. The zero-order chi connectivity index (χ0) is 12.5. The minimum Gasteiger partial charge on any atom is -0.481 e. The smallest absolute Gasteiger partial charge is 0.309 e. The summed E-state index contributed by atoms with van der Waals surface area (Å²) in [5.41, 5.74) is 1.07. The maximum atomic E-state index is 11.4. The van der Waals surface area contributed by atoms with Crippen LogP contribution in [0.3, 0.4) is 0 Å². The fourth-order valence-corrected chi connectivity index (χ4v) is 2.23. The van der Waals surface area contributed by atoms with Crippen molar-refractivity contribution in [2.24, 2.45) is 21.6 Å². The van der Waals surface area contributed by atoms with Crippen LogP contribution in [0.2, 0.25) is 0 Å². The van der Waals surface area contributed by atoms with Gasteiger partial charge >= 0.3 is 5.97 Å². The van der Waals surface area contributed by atoms with Gasteiger partial charge in [0, 0.05) is 12.1 Å². The van der Waals surface area contributed by atoms with Crippen molar-refractivity contribution in [1.82, 2.24) is 0 Å². The predicted octanol–water partition coefficient (Wildman–Crippen LogP) is 3.30. The minimum absolute atomic E-state index is 0.144. The van der Waals surface area contributed by atoms with Crippen LogP contribution in [0.1, 0.15) is 26.7 Å². The molecule has 0 radical (unpaired) electrons.